The molecule has 0 fully saturated rings. The lowest BCUT2D eigenvalue weighted by atomic mass is 10.0. The molecule has 2 heterocycles. The lowest BCUT2D eigenvalue weighted by Gasteiger charge is -1.97. The van der Waals surface area contributed by atoms with E-state index in [0.29, 0.717) is 0 Å². The number of furan rings is 1. The Labute approximate surface area is 152 Å². The summed E-state index contributed by atoms with van der Waals surface area (Å²) in [7, 11) is 0. The van der Waals surface area contributed by atoms with E-state index in [-0.39, 0.29) is 0 Å². The molecule has 2 aromatic heterocycles. The van der Waals surface area contributed by atoms with Gasteiger partial charge in [-0.25, -0.2) is 0 Å². The molecule has 0 bridgehead atoms. The number of hydrogen-bond acceptors (Lipinski definition) is 2. The first kappa shape index (κ1) is 13.7. The fourth-order valence-corrected chi connectivity index (χ4v) is 5.18. The summed E-state index contributed by atoms with van der Waals surface area (Å²) in [6.07, 6.45) is 0. The minimum atomic E-state index is 0.769. The molecule has 0 saturated heterocycles. The van der Waals surface area contributed by atoms with Crippen molar-refractivity contribution >= 4 is 75.8 Å². The molecular weight excluding hydrogens is 348 g/mol. The van der Waals surface area contributed by atoms with Crippen LogP contribution in [0.3, 0.4) is 0 Å². The Morgan fingerprint density at radius 3 is 2.44 bits per heavy atom. The van der Waals surface area contributed by atoms with Crippen molar-refractivity contribution in [3.05, 3.63) is 71.8 Å². The minimum absolute atomic E-state index is 0.769. The molecule has 0 atom stereocenters. The van der Waals surface area contributed by atoms with Gasteiger partial charge in [-0.05, 0) is 35.7 Å². The zero-order chi connectivity index (χ0) is 16.5. The molecule has 25 heavy (non-hydrogen) atoms. The van der Waals surface area contributed by atoms with Crippen molar-refractivity contribution in [2.45, 2.75) is 0 Å². The Morgan fingerprint density at radius 1 is 0.680 bits per heavy atom. The predicted octanol–water partition coefficient (Wildman–Crippen LogP) is 7.76. The van der Waals surface area contributed by atoms with Gasteiger partial charge < -0.3 is 4.42 Å². The molecule has 4 aromatic carbocycles. The van der Waals surface area contributed by atoms with Crippen LogP contribution in [0.25, 0.3) is 52.9 Å². The van der Waals surface area contributed by atoms with Crippen molar-refractivity contribution in [3.8, 4) is 0 Å². The van der Waals surface area contributed by atoms with E-state index >= 15 is 0 Å². The first-order valence-corrected chi connectivity index (χ1v) is 9.34. The average molecular weight is 359 g/mol. The maximum atomic E-state index is 6.45. The predicted molar refractivity (Wildman–Crippen MR) is 109 cm³/mol. The Kier molecular flexibility index (Phi) is 2.61. The van der Waals surface area contributed by atoms with Gasteiger partial charge in [0.25, 0.3) is 0 Å². The third-order valence-electron chi connectivity index (χ3n) is 4.93. The van der Waals surface area contributed by atoms with E-state index in [2.05, 4.69) is 54.6 Å². The first-order chi connectivity index (χ1) is 12.3. The molecule has 0 radical (unpaired) electrons. The highest BCUT2D eigenvalue weighted by Crippen LogP contribution is 2.43. The molecule has 118 valence electrons. The second kappa shape index (κ2) is 4.75. The van der Waals surface area contributed by atoms with Gasteiger partial charge in [-0.1, -0.05) is 48.0 Å². The monoisotopic (exact) mass is 358 g/mol. The van der Waals surface area contributed by atoms with Gasteiger partial charge in [0, 0.05) is 41.4 Å². The molecule has 6 rings (SSSR count). The quantitative estimate of drug-likeness (QED) is 0.270. The number of hydrogen-bond donors (Lipinski definition) is 0. The summed E-state index contributed by atoms with van der Waals surface area (Å²) in [6, 6.07) is 23.2. The van der Waals surface area contributed by atoms with E-state index in [0.717, 1.165) is 21.6 Å². The van der Waals surface area contributed by atoms with Crippen LogP contribution in [0.1, 0.15) is 0 Å². The highest BCUT2D eigenvalue weighted by Gasteiger charge is 2.16. The largest absolute Gasteiger partial charge is 0.455 e. The van der Waals surface area contributed by atoms with E-state index in [1.165, 1.54) is 36.3 Å². The van der Waals surface area contributed by atoms with Crippen LogP contribution in [0.5, 0.6) is 0 Å². The van der Waals surface area contributed by atoms with Gasteiger partial charge in [-0.2, -0.15) is 0 Å². The summed E-state index contributed by atoms with van der Waals surface area (Å²) in [5.74, 6) is 0. The van der Waals surface area contributed by atoms with Crippen LogP contribution in [0.4, 0.5) is 0 Å². The molecule has 3 heteroatoms. The molecule has 0 amide bonds. The second-order valence-electron chi connectivity index (χ2n) is 6.32. The molecule has 1 nitrogen and oxygen atoms in total. The van der Waals surface area contributed by atoms with Crippen LogP contribution in [0.15, 0.2) is 71.1 Å². The lowest BCUT2D eigenvalue weighted by Crippen LogP contribution is -1.72. The average Bonchev–Trinajstić information content (AvgIpc) is 3.18. The van der Waals surface area contributed by atoms with Crippen molar-refractivity contribution in [2.75, 3.05) is 0 Å². The third-order valence-corrected chi connectivity index (χ3v) is 6.28. The van der Waals surface area contributed by atoms with E-state index < -0.39 is 0 Å². The Bertz CT molecular complexity index is 1460. The highest BCUT2D eigenvalue weighted by molar-refractivity contribution is 7.26. The first-order valence-electron chi connectivity index (χ1n) is 8.14. The van der Waals surface area contributed by atoms with Gasteiger partial charge in [-0.15, -0.1) is 11.3 Å². The number of halogens is 1. The maximum Gasteiger partial charge on any atom is 0.144 e. The second-order valence-corrected chi connectivity index (χ2v) is 7.84. The molecular formula is C22H11ClOS. The number of thiophene rings is 1. The Morgan fingerprint density at radius 2 is 1.48 bits per heavy atom. The minimum Gasteiger partial charge on any atom is -0.455 e. The van der Waals surface area contributed by atoms with Gasteiger partial charge in [-0.3, -0.25) is 0 Å². The Hall–Kier alpha value is -2.55. The fraction of sp³-hybridized carbons (Fsp3) is 0. The van der Waals surface area contributed by atoms with Gasteiger partial charge in [0.1, 0.15) is 11.2 Å². The van der Waals surface area contributed by atoms with E-state index in [9.17, 15) is 0 Å². The summed E-state index contributed by atoms with van der Waals surface area (Å²) in [5, 5.41) is 7.87. The summed E-state index contributed by atoms with van der Waals surface area (Å²) < 4.78 is 8.87. The topological polar surface area (TPSA) is 13.1 Å². The number of fused-ring (bicyclic) bond motifs is 9. The summed E-state index contributed by atoms with van der Waals surface area (Å²) in [5.41, 5.74) is 1.94. The van der Waals surface area contributed by atoms with Crippen molar-refractivity contribution in [1.29, 1.82) is 0 Å². The molecule has 6 aromatic rings. The summed E-state index contributed by atoms with van der Waals surface area (Å²) in [4.78, 5) is 0. The van der Waals surface area contributed by atoms with Gasteiger partial charge in [0.2, 0.25) is 0 Å². The van der Waals surface area contributed by atoms with Crippen molar-refractivity contribution in [2.24, 2.45) is 0 Å². The molecule has 0 saturated carbocycles. The summed E-state index contributed by atoms with van der Waals surface area (Å²) >= 11 is 7.94. The van der Waals surface area contributed by atoms with Crippen LogP contribution in [-0.4, -0.2) is 0 Å². The van der Waals surface area contributed by atoms with Crippen LogP contribution < -0.4 is 0 Å². The van der Waals surface area contributed by atoms with Crippen molar-refractivity contribution in [1.82, 2.24) is 0 Å². The lowest BCUT2D eigenvalue weighted by molar-refractivity contribution is 0.677. The van der Waals surface area contributed by atoms with E-state index in [4.69, 9.17) is 16.0 Å². The van der Waals surface area contributed by atoms with Crippen molar-refractivity contribution in [3.63, 3.8) is 0 Å². The smallest absolute Gasteiger partial charge is 0.144 e. The van der Waals surface area contributed by atoms with Gasteiger partial charge in [0.05, 0.1) is 0 Å². The Balaban J connectivity index is 1.89. The molecule has 0 aliphatic carbocycles. The molecule has 0 aliphatic rings. The van der Waals surface area contributed by atoms with Gasteiger partial charge >= 0.3 is 0 Å². The van der Waals surface area contributed by atoms with Gasteiger partial charge in [0.15, 0.2) is 0 Å². The number of benzene rings is 4. The number of rotatable bonds is 0. The normalized spacial score (nSPS) is 12.2. The fourth-order valence-electron chi connectivity index (χ4n) is 3.80. The van der Waals surface area contributed by atoms with E-state index in [1.54, 1.807) is 11.3 Å². The molecule has 0 aliphatic heterocycles. The van der Waals surface area contributed by atoms with Crippen LogP contribution in [0.2, 0.25) is 5.02 Å². The SMILES string of the molecule is Clc1ccc2c(c1)sc1ccc3c4ccc5ccccc5c4oc3c12. The van der Waals surface area contributed by atoms with Crippen LogP contribution in [-0.2, 0) is 0 Å². The maximum absolute atomic E-state index is 6.45. The zero-order valence-corrected chi connectivity index (χ0v) is 14.6. The summed E-state index contributed by atoms with van der Waals surface area (Å²) in [6.45, 7) is 0. The standard InChI is InChI=1S/C22H11ClOS/c23-13-6-8-17-19(11-13)25-18-10-9-16-15-7-5-12-3-1-2-4-14(12)21(15)24-22(16)20(17)18/h1-11H. The molecule has 0 spiro atoms. The van der Waals surface area contributed by atoms with Crippen molar-refractivity contribution < 1.29 is 4.42 Å². The van der Waals surface area contributed by atoms with Crippen LogP contribution in [0, 0.1) is 0 Å². The molecule has 0 unspecified atom stereocenters. The van der Waals surface area contributed by atoms with Crippen LogP contribution >= 0.6 is 22.9 Å². The zero-order valence-electron chi connectivity index (χ0n) is 13.0. The highest BCUT2D eigenvalue weighted by atomic mass is 35.5. The third kappa shape index (κ3) is 1.78. The molecule has 0 N–H and O–H groups in total. The van der Waals surface area contributed by atoms with E-state index in [1.807, 2.05) is 12.1 Å².